The van der Waals surface area contributed by atoms with E-state index in [1.54, 1.807) is 0 Å². The SMILES string of the molecule is CC1(C)c2ccccc2-c2cc3c(cc21)-c1ccc(-c2cc(-c4ccccc4)cc(-c4ccc5ccc6c(-c7ccccc7)ccc7ccc4c5c76)c2)cc1C3(C)C. The second-order valence-corrected chi connectivity index (χ2v) is 17.7. The highest BCUT2D eigenvalue weighted by Crippen LogP contribution is 2.56. The van der Waals surface area contributed by atoms with E-state index in [0.717, 1.165) is 0 Å². The molecule has 2 aliphatic rings. The molecule has 0 aliphatic heterocycles. The maximum Gasteiger partial charge on any atom is 0.0159 e. The Bertz CT molecular complexity index is 3310. The average Bonchev–Trinajstić information content (AvgIpc) is 3.63. The summed E-state index contributed by atoms with van der Waals surface area (Å²) in [7, 11) is 0. The fourth-order valence-corrected chi connectivity index (χ4v) is 10.8. The predicted molar refractivity (Wildman–Crippen MR) is 247 cm³/mol. The van der Waals surface area contributed by atoms with E-state index in [4.69, 9.17) is 0 Å². The molecular formula is C58H42. The van der Waals surface area contributed by atoms with Crippen molar-refractivity contribution in [2.75, 3.05) is 0 Å². The van der Waals surface area contributed by atoms with Crippen LogP contribution in [0.1, 0.15) is 49.9 Å². The molecule has 0 N–H and O–H groups in total. The van der Waals surface area contributed by atoms with Gasteiger partial charge in [-0.2, -0.15) is 0 Å². The van der Waals surface area contributed by atoms with Crippen LogP contribution in [-0.4, -0.2) is 0 Å². The van der Waals surface area contributed by atoms with Gasteiger partial charge in [-0.25, -0.2) is 0 Å². The van der Waals surface area contributed by atoms with Crippen LogP contribution in [0.2, 0.25) is 0 Å². The third-order valence-corrected chi connectivity index (χ3v) is 13.8. The molecule has 0 nitrogen and oxygen atoms in total. The molecule has 0 bridgehead atoms. The summed E-state index contributed by atoms with van der Waals surface area (Å²) in [4.78, 5) is 0. The first kappa shape index (κ1) is 33.4. The van der Waals surface area contributed by atoms with Gasteiger partial charge in [-0.3, -0.25) is 0 Å². The Kier molecular flexibility index (Phi) is 6.84. The summed E-state index contributed by atoms with van der Waals surface area (Å²) in [6.07, 6.45) is 0. The molecule has 0 aromatic heterocycles. The molecule has 0 unspecified atom stereocenters. The Morgan fingerprint density at radius 2 is 0.707 bits per heavy atom. The lowest BCUT2D eigenvalue weighted by atomic mass is 9.79. The number of fused-ring (bicyclic) bond motifs is 6. The van der Waals surface area contributed by atoms with Crippen molar-refractivity contribution >= 4 is 32.3 Å². The highest BCUT2D eigenvalue weighted by atomic mass is 14.4. The van der Waals surface area contributed by atoms with Gasteiger partial charge in [0.2, 0.25) is 0 Å². The second kappa shape index (κ2) is 11.9. The Labute approximate surface area is 340 Å². The normalized spacial score (nSPS) is 14.5. The lowest BCUT2D eigenvalue weighted by molar-refractivity contribution is 0.652. The van der Waals surface area contributed by atoms with Crippen LogP contribution in [-0.2, 0) is 10.8 Å². The van der Waals surface area contributed by atoms with Gasteiger partial charge in [0, 0.05) is 10.8 Å². The molecule has 0 saturated heterocycles. The summed E-state index contributed by atoms with van der Waals surface area (Å²) >= 11 is 0. The highest BCUT2D eigenvalue weighted by Gasteiger charge is 2.41. The van der Waals surface area contributed by atoms with Crippen LogP contribution in [0.25, 0.3) is 99.1 Å². The lowest BCUT2D eigenvalue weighted by Gasteiger charge is -2.24. The average molecular weight is 739 g/mol. The summed E-state index contributed by atoms with van der Waals surface area (Å²) in [5, 5.41) is 7.84. The van der Waals surface area contributed by atoms with Crippen molar-refractivity contribution in [1.82, 2.24) is 0 Å². The molecule has 12 rings (SSSR count). The molecule has 2 aliphatic carbocycles. The van der Waals surface area contributed by atoms with Crippen molar-refractivity contribution in [2.45, 2.75) is 38.5 Å². The first-order chi connectivity index (χ1) is 28.3. The minimum atomic E-state index is -0.137. The zero-order valence-electron chi connectivity index (χ0n) is 33.3. The van der Waals surface area contributed by atoms with Crippen LogP contribution in [0.3, 0.4) is 0 Å². The minimum Gasteiger partial charge on any atom is -0.0622 e. The van der Waals surface area contributed by atoms with Gasteiger partial charge in [-0.15, -0.1) is 0 Å². The van der Waals surface area contributed by atoms with Crippen molar-refractivity contribution < 1.29 is 0 Å². The van der Waals surface area contributed by atoms with Gasteiger partial charge >= 0.3 is 0 Å². The van der Waals surface area contributed by atoms with Crippen molar-refractivity contribution in [3.63, 3.8) is 0 Å². The minimum absolute atomic E-state index is 0.0304. The third kappa shape index (κ3) is 4.63. The van der Waals surface area contributed by atoms with Crippen molar-refractivity contribution in [1.29, 1.82) is 0 Å². The summed E-state index contributed by atoms with van der Waals surface area (Å²) < 4.78 is 0. The van der Waals surface area contributed by atoms with E-state index in [1.807, 2.05) is 0 Å². The number of benzene rings is 10. The van der Waals surface area contributed by atoms with Crippen LogP contribution in [0.4, 0.5) is 0 Å². The number of rotatable bonds is 4. The Hall–Kier alpha value is -6.76. The van der Waals surface area contributed by atoms with Gasteiger partial charge in [0.1, 0.15) is 0 Å². The van der Waals surface area contributed by atoms with Crippen LogP contribution >= 0.6 is 0 Å². The van der Waals surface area contributed by atoms with Crippen molar-refractivity contribution in [2.24, 2.45) is 0 Å². The highest BCUT2D eigenvalue weighted by molar-refractivity contribution is 6.27. The fourth-order valence-electron chi connectivity index (χ4n) is 10.8. The molecule has 0 saturated carbocycles. The van der Waals surface area contributed by atoms with Crippen LogP contribution in [0.5, 0.6) is 0 Å². The van der Waals surface area contributed by atoms with Crippen molar-refractivity contribution in [3.8, 4) is 66.8 Å². The fraction of sp³-hybridized carbons (Fsp3) is 0.103. The lowest BCUT2D eigenvalue weighted by Crippen LogP contribution is -2.17. The molecule has 10 aromatic carbocycles. The predicted octanol–water partition coefficient (Wildman–Crippen LogP) is 15.9. The molecule has 0 spiro atoms. The van der Waals surface area contributed by atoms with Crippen molar-refractivity contribution in [3.05, 3.63) is 204 Å². The van der Waals surface area contributed by atoms with Crippen LogP contribution < -0.4 is 0 Å². The molecule has 58 heavy (non-hydrogen) atoms. The molecule has 0 heterocycles. The summed E-state index contributed by atoms with van der Waals surface area (Å²) in [5.74, 6) is 0. The zero-order chi connectivity index (χ0) is 38.9. The second-order valence-electron chi connectivity index (χ2n) is 17.7. The van der Waals surface area contributed by atoms with Gasteiger partial charge in [0.15, 0.2) is 0 Å². The molecule has 0 heteroatoms. The monoisotopic (exact) mass is 738 g/mol. The molecule has 274 valence electrons. The summed E-state index contributed by atoms with van der Waals surface area (Å²) in [5.41, 5.74) is 21.0. The summed E-state index contributed by atoms with van der Waals surface area (Å²) in [6, 6.07) is 68.7. The molecule has 0 amide bonds. The smallest absolute Gasteiger partial charge is 0.0159 e. The molecule has 0 radical (unpaired) electrons. The summed E-state index contributed by atoms with van der Waals surface area (Å²) in [6.45, 7) is 9.60. The largest absolute Gasteiger partial charge is 0.0622 e. The van der Waals surface area contributed by atoms with E-state index < -0.39 is 0 Å². The molecular weight excluding hydrogens is 697 g/mol. The van der Waals surface area contributed by atoms with E-state index in [9.17, 15) is 0 Å². The van der Waals surface area contributed by atoms with Gasteiger partial charge in [-0.1, -0.05) is 173 Å². The third-order valence-electron chi connectivity index (χ3n) is 13.8. The van der Waals surface area contributed by atoms with Crippen LogP contribution in [0.15, 0.2) is 182 Å². The number of hydrogen-bond acceptors (Lipinski definition) is 0. The zero-order valence-corrected chi connectivity index (χ0v) is 33.3. The topological polar surface area (TPSA) is 0 Å². The standard InChI is InChI=1S/C58H42/c1-57(2)51-18-12-11-17-45(51)49-33-54-50(34-53(49)57)46-26-23-39(32-52(46)58(54,3)4)41-29-40(35-13-7-5-8-14-35)30-42(31-41)44-25-20-38-21-27-47-43(36-15-9-6-10-16-36)24-19-37-22-28-48(44)56(38)55(37)47/h5-34H,1-4H3. The van der Waals surface area contributed by atoms with Gasteiger partial charge in [0.25, 0.3) is 0 Å². The molecule has 10 aromatic rings. The number of hydrogen-bond donors (Lipinski definition) is 0. The quantitative estimate of drug-likeness (QED) is 0.158. The van der Waals surface area contributed by atoms with Gasteiger partial charge in [-0.05, 0) is 158 Å². The Morgan fingerprint density at radius 1 is 0.259 bits per heavy atom. The first-order valence-electron chi connectivity index (χ1n) is 20.7. The Morgan fingerprint density at radius 3 is 1.34 bits per heavy atom. The van der Waals surface area contributed by atoms with E-state index in [1.165, 1.54) is 121 Å². The maximum atomic E-state index is 2.52. The van der Waals surface area contributed by atoms with E-state index in [0.29, 0.717) is 0 Å². The van der Waals surface area contributed by atoms with E-state index in [2.05, 4.69) is 210 Å². The molecule has 0 atom stereocenters. The van der Waals surface area contributed by atoms with Crippen LogP contribution in [0, 0.1) is 0 Å². The van der Waals surface area contributed by atoms with Gasteiger partial charge in [0.05, 0.1) is 0 Å². The first-order valence-corrected chi connectivity index (χ1v) is 20.7. The molecule has 0 fully saturated rings. The van der Waals surface area contributed by atoms with E-state index in [-0.39, 0.29) is 10.8 Å². The van der Waals surface area contributed by atoms with E-state index >= 15 is 0 Å². The maximum absolute atomic E-state index is 2.52. The Balaban J connectivity index is 1.04. The van der Waals surface area contributed by atoms with Gasteiger partial charge < -0.3 is 0 Å².